The average Bonchev–Trinajstić information content (AvgIpc) is 2.39. The van der Waals surface area contributed by atoms with Gasteiger partial charge in [0.15, 0.2) is 5.82 Å². The van der Waals surface area contributed by atoms with Crippen molar-refractivity contribution < 1.29 is 0 Å². The van der Waals surface area contributed by atoms with Crippen LogP contribution in [0.1, 0.15) is 5.56 Å². The fourth-order valence-electron chi connectivity index (χ4n) is 1.77. The summed E-state index contributed by atoms with van der Waals surface area (Å²) in [7, 11) is 3.80. The molecule has 0 fully saturated rings. The summed E-state index contributed by atoms with van der Waals surface area (Å²) < 4.78 is 0.868. The summed E-state index contributed by atoms with van der Waals surface area (Å²) in [6.07, 6.45) is 1.75. The molecule has 2 aromatic rings. The number of rotatable bonds is 3. The molecule has 0 bridgehead atoms. The number of para-hydroxylation sites is 1. The van der Waals surface area contributed by atoms with Crippen LogP contribution in [0.3, 0.4) is 0 Å². The number of anilines is 3. The quantitative estimate of drug-likeness (QED) is 0.944. The third-order valence-electron chi connectivity index (χ3n) is 2.74. The molecule has 0 unspecified atom stereocenters. The number of aromatic nitrogens is 2. The molecule has 1 aromatic heterocycles. The smallest absolute Gasteiger partial charge is 0.224 e. The molecule has 5 heteroatoms. The molecular formula is C13H15BrN4. The Kier molecular flexibility index (Phi) is 3.81. The number of nitrogens with one attached hydrogen (secondary N) is 1. The van der Waals surface area contributed by atoms with E-state index in [-0.39, 0.29) is 0 Å². The van der Waals surface area contributed by atoms with Gasteiger partial charge in [-0.3, -0.25) is 0 Å². The molecule has 0 aliphatic rings. The molecule has 4 nitrogen and oxygen atoms in total. The van der Waals surface area contributed by atoms with Gasteiger partial charge in [-0.2, -0.15) is 4.98 Å². The third-order valence-corrected chi connectivity index (χ3v) is 3.30. The van der Waals surface area contributed by atoms with Crippen LogP contribution in [0.4, 0.5) is 17.5 Å². The summed E-state index contributed by atoms with van der Waals surface area (Å²) in [4.78, 5) is 10.7. The molecule has 18 heavy (non-hydrogen) atoms. The first-order valence-electron chi connectivity index (χ1n) is 5.63. The van der Waals surface area contributed by atoms with Crippen molar-refractivity contribution in [1.29, 1.82) is 0 Å². The molecule has 1 N–H and O–H groups in total. The second-order valence-corrected chi connectivity index (χ2v) is 4.81. The van der Waals surface area contributed by atoms with E-state index in [2.05, 4.69) is 50.3 Å². The van der Waals surface area contributed by atoms with E-state index in [4.69, 9.17) is 0 Å². The summed E-state index contributed by atoms with van der Waals surface area (Å²) in [5.74, 6) is 1.44. The normalized spacial score (nSPS) is 10.2. The monoisotopic (exact) mass is 306 g/mol. The van der Waals surface area contributed by atoms with Gasteiger partial charge in [0, 0.05) is 26.0 Å². The number of hydrogen-bond acceptors (Lipinski definition) is 4. The third kappa shape index (κ3) is 2.46. The Morgan fingerprint density at radius 1 is 1.28 bits per heavy atom. The molecule has 0 atom stereocenters. The minimum absolute atomic E-state index is 0.605. The molecule has 1 heterocycles. The van der Waals surface area contributed by atoms with E-state index in [1.165, 1.54) is 5.56 Å². The van der Waals surface area contributed by atoms with E-state index in [0.717, 1.165) is 16.0 Å². The highest BCUT2D eigenvalue weighted by molar-refractivity contribution is 9.10. The molecule has 0 saturated carbocycles. The van der Waals surface area contributed by atoms with Gasteiger partial charge in [-0.05, 0) is 34.5 Å². The van der Waals surface area contributed by atoms with Crippen molar-refractivity contribution in [3.05, 3.63) is 40.5 Å². The SMILES string of the molecule is CNc1ncc(Br)c(N(C)c2ccccc2C)n1. The van der Waals surface area contributed by atoms with E-state index in [0.29, 0.717) is 5.95 Å². The molecule has 0 spiro atoms. The molecule has 1 aromatic carbocycles. The molecule has 0 saturated heterocycles. The maximum Gasteiger partial charge on any atom is 0.224 e. The van der Waals surface area contributed by atoms with Gasteiger partial charge < -0.3 is 10.2 Å². The van der Waals surface area contributed by atoms with E-state index in [1.54, 1.807) is 13.2 Å². The van der Waals surface area contributed by atoms with Crippen LogP contribution in [0, 0.1) is 6.92 Å². The van der Waals surface area contributed by atoms with E-state index < -0.39 is 0 Å². The Labute approximate surface area is 115 Å². The fourth-order valence-corrected chi connectivity index (χ4v) is 2.22. The molecule has 94 valence electrons. The lowest BCUT2D eigenvalue weighted by molar-refractivity contribution is 1.06. The van der Waals surface area contributed by atoms with Crippen LogP contribution in [0.15, 0.2) is 34.9 Å². The predicted octanol–water partition coefficient (Wildman–Crippen LogP) is 3.36. The molecule has 0 aliphatic heterocycles. The van der Waals surface area contributed by atoms with E-state index in [9.17, 15) is 0 Å². The zero-order chi connectivity index (χ0) is 13.1. The maximum atomic E-state index is 4.47. The van der Waals surface area contributed by atoms with Crippen molar-refractivity contribution in [2.75, 3.05) is 24.3 Å². The fraction of sp³-hybridized carbons (Fsp3) is 0.231. The molecule has 0 radical (unpaired) electrons. The lowest BCUT2D eigenvalue weighted by atomic mass is 10.2. The van der Waals surface area contributed by atoms with Gasteiger partial charge in [-0.15, -0.1) is 0 Å². The summed E-state index contributed by atoms with van der Waals surface area (Å²) in [6, 6.07) is 8.20. The van der Waals surface area contributed by atoms with E-state index in [1.807, 2.05) is 24.1 Å². The first-order valence-corrected chi connectivity index (χ1v) is 6.42. The number of benzene rings is 1. The Morgan fingerprint density at radius 3 is 2.67 bits per heavy atom. The predicted molar refractivity (Wildman–Crippen MR) is 78.5 cm³/mol. The summed E-state index contributed by atoms with van der Waals surface area (Å²) >= 11 is 3.49. The van der Waals surface area contributed by atoms with Gasteiger partial charge in [-0.25, -0.2) is 4.98 Å². The van der Waals surface area contributed by atoms with Gasteiger partial charge >= 0.3 is 0 Å². The van der Waals surface area contributed by atoms with Crippen LogP contribution in [0.25, 0.3) is 0 Å². The van der Waals surface area contributed by atoms with Crippen LogP contribution < -0.4 is 10.2 Å². The van der Waals surface area contributed by atoms with Crippen molar-refractivity contribution in [3.63, 3.8) is 0 Å². The largest absolute Gasteiger partial charge is 0.357 e. The number of hydrogen-bond donors (Lipinski definition) is 1. The first-order chi connectivity index (χ1) is 8.63. The lowest BCUT2D eigenvalue weighted by Crippen LogP contribution is -2.14. The molecule has 0 aliphatic carbocycles. The minimum atomic E-state index is 0.605. The second-order valence-electron chi connectivity index (χ2n) is 3.96. The van der Waals surface area contributed by atoms with Crippen LogP contribution >= 0.6 is 15.9 Å². The van der Waals surface area contributed by atoms with Crippen molar-refractivity contribution in [1.82, 2.24) is 9.97 Å². The van der Waals surface area contributed by atoms with Crippen LogP contribution in [0.2, 0.25) is 0 Å². The Balaban J connectivity index is 2.45. The zero-order valence-corrected chi connectivity index (χ0v) is 12.2. The summed E-state index contributed by atoms with van der Waals surface area (Å²) in [5.41, 5.74) is 2.33. The van der Waals surface area contributed by atoms with Crippen molar-refractivity contribution >= 4 is 33.4 Å². The Hall–Kier alpha value is -1.62. The van der Waals surface area contributed by atoms with Crippen molar-refractivity contribution in [2.24, 2.45) is 0 Å². The number of nitrogens with zero attached hydrogens (tertiary/aromatic N) is 3. The van der Waals surface area contributed by atoms with E-state index >= 15 is 0 Å². The zero-order valence-electron chi connectivity index (χ0n) is 10.6. The maximum absolute atomic E-state index is 4.47. The van der Waals surface area contributed by atoms with Gasteiger partial charge in [0.25, 0.3) is 0 Å². The van der Waals surface area contributed by atoms with Crippen molar-refractivity contribution in [2.45, 2.75) is 6.92 Å². The Morgan fingerprint density at radius 2 is 2.00 bits per heavy atom. The first kappa shape index (κ1) is 12.8. The second kappa shape index (κ2) is 5.35. The highest BCUT2D eigenvalue weighted by atomic mass is 79.9. The van der Waals surface area contributed by atoms with Gasteiger partial charge in [0.05, 0.1) is 4.47 Å². The van der Waals surface area contributed by atoms with Crippen LogP contribution in [-0.4, -0.2) is 24.1 Å². The lowest BCUT2D eigenvalue weighted by Gasteiger charge is -2.21. The van der Waals surface area contributed by atoms with Gasteiger partial charge in [0.2, 0.25) is 5.95 Å². The summed E-state index contributed by atoms with van der Waals surface area (Å²) in [5, 5.41) is 2.95. The number of halogens is 1. The molecule has 2 rings (SSSR count). The van der Waals surface area contributed by atoms with Crippen LogP contribution in [0.5, 0.6) is 0 Å². The van der Waals surface area contributed by atoms with Crippen LogP contribution in [-0.2, 0) is 0 Å². The van der Waals surface area contributed by atoms with Gasteiger partial charge in [-0.1, -0.05) is 18.2 Å². The Bertz CT molecular complexity index is 556. The highest BCUT2D eigenvalue weighted by Crippen LogP contribution is 2.30. The number of aryl methyl sites for hydroxylation is 1. The summed E-state index contributed by atoms with van der Waals surface area (Å²) in [6.45, 7) is 2.08. The standard InChI is InChI=1S/C13H15BrN4/c1-9-6-4-5-7-11(9)18(3)12-10(14)8-16-13(15-2)17-12/h4-8H,1-3H3,(H,15,16,17). The topological polar surface area (TPSA) is 41.1 Å². The van der Waals surface area contributed by atoms with Gasteiger partial charge in [0.1, 0.15) is 0 Å². The average molecular weight is 307 g/mol. The highest BCUT2D eigenvalue weighted by Gasteiger charge is 2.12. The minimum Gasteiger partial charge on any atom is -0.357 e. The molecule has 0 amide bonds. The van der Waals surface area contributed by atoms with Crippen molar-refractivity contribution in [3.8, 4) is 0 Å². The molecular weight excluding hydrogens is 292 g/mol.